The Kier molecular flexibility index (Phi) is 2.23. The zero-order chi connectivity index (χ0) is 8.58. The molecule has 2 N–H and O–H groups in total. The third-order valence-electron chi connectivity index (χ3n) is 1.11. The maximum absolute atomic E-state index is 11.0. The summed E-state index contributed by atoms with van der Waals surface area (Å²) in [5.74, 6) is -2.77. The second kappa shape index (κ2) is 2.32. The van der Waals surface area contributed by atoms with Gasteiger partial charge in [0, 0.05) is 5.41 Å². The van der Waals surface area contributed by atoms with Crippen LogP contribution >= 0.6 is 0 Å². The number of carbonyl (C=O) groups excluding carboxylic acids is 1. The van der Waals surface area contributed by atoms with Gasteiger partial charge in [-0.15, -0.1) is 0 Å². The van der Waals surface area contributed by atoms with Crippen LogP contribution in [0.1, 0.15) is 27.7 Å². The van der Waals surface area contributed by atoms with Gasteiger partial charge in [-0.05, 0) is 6.92 Å². The smallest absolute Gasteiger partial charge is 0.221 e. The van der Waals surface area contributed by atoms with E-state index in [9.17, 15) is 4.79 Å². The SMILES string of the molecule is CC(C)(C)C(=O)C(C)(O)O. The number of hydrogen-bond donors (Lipinski definition) is 2. The lowest BCUT2D eigenvalue weighted by Gasteiger charge is -2.24. The number of carbonyl (C=O) groups is 1. The van der Waals surface area contributed by atoms with Gasteiger partial charge < -0.3 is 10.2 Å². The van der Waals surface area contributed by atoms with Gasteiger partial charge >= 0.3 is 0 Å². The summed E-state index contributed by atoms with van der Waals surface area (Å²) in [6.07, 6.45) is 0. The maximum atomic E-state index is 11.0. The molecule has 0 bridgehead atoms. The first-order valence-electron chi connectivity index (χ1n) is 3.15. The van der Waals surface area contributed by atoms with Crippen LogP contribution in [0, 0.1) is 5.41 Å². The number of aliphatic hydroxyl groups is 2. The molecular formula is C7H14O3. The Morgan fingerprint density at radius 1 is 1.10 bits per heavy atom. The van der Waals surface area contributed by atoms with Crippen molar-refractivity contribution < 1.29 is 15.0 Å². The van der Waals surface area contributed by atoms with Crippen molar-refractivity contribution in [2.75, 3.05) is 0 Å². The summed E-state index contributed by atoms with van der Waals surface area (Å²) in [6, 6.07) is 0. The maximum Gasteiger partial charge on any atom is 0.221 e. The van der Waals surface area contributed by atoms with E-state index < -0.39 is 17.0 Å². The summed E-state index contributed by atoms with van der Waals surface area (Å²) in [7, 11) is 0. The van der Waals surface area contributed by atoms with Crippen LogP contribution < -0.4 is 0 Å². The molecule has 60 valence electrons. The van der Waals surface area contributed by atoms with E-state index in [1.165, 1.54) is 0 Å². The van der Waals surface area contributed by atoms with E-state index in [-0.39, 0.29) is 0 Å². The van der Waals surface area contributed by atoms with Crippen molar-refractivity contribution in [3.63, 3.8) is 0 Å². The van der Waals surface area contributed by atoms with E-state index in [1.54, 1.807) is 20.8 Å². The van der Waals surface area contributed by atoms with Gasteiger partial charge in [-0.2, -0.15) is 0 Å². The highest BCUT2D eigenvalue weighted by molar-refractivity contribution is 5.89. The molecule has 0 amide bonds. The molecule has 0 rings (SSSR count). The first-order chi connectivity index (χ1) is 4.15. The van der Waals surface area contributed by atoms with Crippen LogP contribution in [0.15, 0.2) is 0 Å². The number of Topliss-reactive ketones (excluding diaryl/α,β-unsaturated/α-hetero) is 1. The van der Waals surface area contributed by atoms with Gasteiger partial charge in [0.15, 0.2) is 5.78 Å². The number of hydrogen-bond acceptors (Lipinski definition) is 3. The average Bonchev–Trinajstić information content (AvgIpc) is 1.59. The van der Waals surface area contributed by atoms with E-state index >= 15 is 0 Å². The fraction of sp³-hybridized carbons (Fsp3) is 0.857. The summed E-state index contributed by atoms with van der Waals surface area (Å²) >= 11 is 0. The van der Waals surface area contributed by atoms with Gasteiger partial charge in [0.1, 0.15) is 0 Å². The van der Waals surface area contributed by atoms with Crippen molar-refractivity contribution in [3.8, 4) is 0 Å². The largest absolute Gasteiger partial charge is 0.360 e. The molecule has 0 saturated carbocycles. The lowest BCUT2D eigenvalue weighted by Crippen LogP contribution is -2.42. The molecule has 0 aromatic rings. The minimum atomic E-state index is -2.20. The molecule has 10 heavy (non-hydrogen) atoms. The standard InChI is InChI=1S/C7H14O3/c1-6(2,3)5(8)7(4,9)10/h9-10H,1-4H3. The average molecular weight is 146 g/mol. The molecule has 0 aliphatic rings. The summed E-state index contributed by atoms with van der Waals surface area (Å²) in [5.41, 5.74) is -0.696. The zero-order valence-corrected chi connectivity index (χ0v) is 6.80. The molecule has 0 aliphatic carbocycles. The zero-order valence-electron chi connectivity index (χ0n) is 6.80. The lowest BCUT2D eigenvalue weighted by molar-refractivity contribution is -0.183. The molecule has 0 unspecified atom stereocenters. The normalized spacial score (nSPS) is 13.4. The Bertz CT molecular complexity index is 120. The quantitative estimate of drug-likeness (QED) is 0.523. The molecule has 3 nitrogen and oxygen atoms in total. The molecule has 0 aromatic carbocycles. The van der Waals surface area contributed by atoms with Crippen molar-refractivity contribution in [3.05, 3.63) is 0 Å². The predicted molar refractivity (Wildman–Crippen MR) is 37.3 cm³/mol. The minimum absolute atomic E-state index is 0.569. The van der Waals surface area contributed by atoms with Crippen LogP contribution in [-0.4, -0.2) is 21.8 Å². The van der Waals surface area contributed by atoms with Crippen molar-refractivity contribution in [2.45, 2.75) is 33.5 Å². The minimum Gasteiger partial charge on any atom is -0.360 e. The van der Waals surface area contributed by atoms with E-state index in [0.29, 0.717) is 0 Å². The van der Waals surface area contributed by atoms with E-state index in [1.807, 2.05) is 0 Å². The first kappa shape index (κ1) is 9.59. The van der Waals surface area contributed by atoms with Crippen LogP contribution in [0.2, 0.25) is 0 Å². The molecular weight excluding hydrogens is 132 g/mol. The van der Waals surface area contributed by atoms with Crippen molar-refractivity contribution >= 4 is 5.78 Å². The Morgan fingerprint density at radius 3 is 1.40 bits per heavy atom. The molecule has 0 fully saturated rings. The molecule has 0 spiro atoms. The Balaban J connectivity index is 4.40. The second-order valence-electron chi connectivity index (χ2n) is 3.60. The Labute approximate surface area is 60.7 Å². The predicted octanol–water partition coefficient (Wildman–Crippen LogP) is 0.302. The van der Waals surface area contributed by atoms with Crippen molar-refractivity contribution in [2.24, 2.45) is 5.41 Å². The van der Waals surface area contributed by atoms with Gasteiger partial charge in [0.05, 0.1) is 0 Å². The molecule has 0 heterocycles. The summed E-state index contributed by atoms with van der Waals surface area (Å²) in [6.45, 7) is 5.99. The van der Waals surface area contributed by atoms with Crippen molar-refractivity contribution in [1.82, 2.24) is 0 Å². The fourth-order valence-electron chi connectivity index (χ4n) is 0.710. The second-order valence-corrected chi connectivity index (χ2v) is 3.60. The van der Waals surface area contributed by atoms with Crippen LogP contribution in [-0.2, 0) is 4.79 Å². The molecule has 0 saturated heterocycles. The van der Waals surface area contributed by atoms with Crippen LogP contribution in [0.3, 0.4) is 0 Å². The number of ketones is 1. The van der Waals surface area contributed by atoms with Gasteiger partial charge in [-0.25, -0.2) is 0 Å². The molecule has 0 aromatic heterocycles. The third-order valence-corrected chi connectivity index (χ3v) is 1.11. The van der Waals surface area contributed by atoms with Crippen LogP contribution in [0.25, 0.3) is 0 Å². The molecule has 0 aliphatic heterocycles. The van der Waals surface area contributed by atoms with Crippen LogP contribution in [0.4, 0.5) is 0 Å². The van der Waals surface area contributed by atoms with Gasteiger partial charge in [0.25, 0.3) is 0 Å². The highest BCUT2D eigenvalue weighted by atomic mass is 16.5. The van der Waals surface area contributed by atoms with Gasteiger partial charge in [0.2, 0.25) is 5.79 Å². The van der Waals surface area contributed by atoms with Gasteiger partial charge in [-0.3, -0.25) is 4.79 Å². The van der Waals surface area contributed by atoms with Crippen LogP contribution in [0.5, 0.6) is 0 Å². The Morgan fingerprint density at radius 2 is 1.40 bits per heavy atom. The van der Waals surface area contributed by atoms with E-state index in [4.69, 9.17) is 10.2 Å². The lowest BCUT2D eigenvalue weighted by atomic mass is 9.86. The monoisotopic (exact) mass is 146 g/mol. The highest BCUT2D eigenvalue weighted by Crippen LogP contribution is 2.20. The number of rotatable bonds is 1. The van der Waals surface area contributed by atoms with E-state index in [2.05, 4.69) is 0 Å². The third kappa shape index (κ3) is 2.45. The molecule has 3 heteroatoms. The van der Waals surface area contributed by atoms with Crippen molar-refractivity contribution in [1.29, 1.82) is 0 Å². The molecule has 0 atom stereocenters. The molecule has 0 radical (unpaired) electrons. The fourth-order valence-corrected chi connectivity index (χ4v) is 0.710. The summed E-state index contributed by atoms with van der Waals surface area (Å²) in [4.78, 5) is 11.0. The highest BCUT2D eigenvalue weighted by Gasteiger charge is 2.35. The summed E-state index contributed by atoms with van der Waals surface area (Å²) < 4.78 is 0. The van der Waals surface area contributed by atoms with E-state index in [0.717, 1.165) is 6.92 Å². The first-order valence-corrected chi connectivity index (χ1v) is 3.15. The van der Waals surface area contributed by atoms with Gasteiger partial charge in [-0.1, -0.05) is 20.8 Å². The summed E-state index contributed by atoms with van der Waals surface area (Å²) in [5, 5.41) is 17.7. The topological polar surface area (TPSA) is 57.5 Å². The Hall–Kier alpha value is -0.410.